The van der Waals surface area contributed by atoms with Gasteiger partial charge < -0.3 is 14.2 Å². The summed E-state index contributed by atoms with van der Waals surface area (Å²) in [4.78, 5) is 29.1. The lowest BCUT2D eigenvalue weighted by Crippen LogP contribution is -2.09. The minimum atomic E-state index is -0.438. The third-order valence-corrected chi connectivity index (χ3v) is 6.91. The van der Waals surface area contributed by atoms with Crippen LogP contribution in [0, 0.1) is 10.1 Å². The molecule has 1 aliphatic carbocycles. The van der Waals surface area contributed by atoms with E-state index < -0.39 is 4.92 Å². The topological polar surface area (TPSA) is 100 Å². The Hall–Kier alpha value is -3.72. The molecule has 2 aromatic carbocycles. The Bertz CT molecular complexity index is 1250. The number of esters is 1. The van der Waals surface area contributed by atoms with Crippen LogP contribution < -0.4 is 9.47 Å². The fourth-order valence-corrected chi connectivity index (χ4v) is 5.22. The zero-order chi connectivity index (χ0) is 24.8. The smallest absolute Gasteiger partial charge is 0.341 e. The van der Waals surface area contributed by atoms with Crippen LogP contribution in [0.2, 0.25) is 0 Å². The molecule has 0 spiro atoms. The van der Waals surface area contributed by atoms with Gasteiger partial charge in [-0.05, 0) is 68.0 Å². The SMILES string of the molecule is CCOC(=O)c1c(N=Cc2cccc(OC)c2OCc2ccc([N+](=O)[O-])cc2)sc2c1CCCC2. The Morgan fingerprint density at radius 2 is 1.94 bits per heavy atom. The lowest BCUT2D eigenvalue weighted by atomic mass is 9.95. The van der Waals surface area contributed by atoms with E-state index in [2.05, 4.69) is 4.99 Å². The normalized spacial score (nSPS) is 12.9. The standard InChI is InChI=1S/C26H26N2O6S/c1-3-33-26(29)23-20-8-4-5-10-22(20)35-25(23)27-15-18-7-6-9-21(32-2)24(18)34-16-17-11-13-19(14-12-17)28(30)31/h6-7,9,11-15H,3-5,8,10,16H2,1-2H3. The highest BCUT2D eigenvalue weighted by molar-refractivity contribution is 7.16. The molecule has 1 aromatic heterocycles. The van der Waals surface area contributed by atoms with Crippen molar-refractivity contribution in [2.75, 3.05) is 13.7 Å². The van der Waals surface area contributed by atoms with Gasteiger partial charge in [0.15, 0.2) is 11.5 Å². The van der Waals surface area contributed by atoms with Gasteiger partial charge in [-0.15, -0.1) is 11.3 Å². The van der Waals surface area contributed by atoms with Crippen LogP contribution in [0.15, 0.2) is 47.5 Å². The van der Waals surface area contributed by atoms with Crippen LogP contribution in [0.4, 0.5) is 10.7 Å². The third kappa shape index (κ3) is 5.51. The summed E-state index contributed by atoms with van der Waals surface area (Å²) >= 11 is 1.54. The number of thiophene rings is 1. The number of ether oxygens (including phenoxy) is 3. The zero-order valence-electron chi connectivity index (χ0n) is 19.6. The molecule has 0 fully saturated rings. The molecule has 9 heteroatoms. The van der Waals surface area contributed by atoms with E-state index in [1.807, 2.05) is 12.1 Å². The summed E-state index contributed by atoms with van der Waals surface area (Å²) in [5.41, 5.74) is 3.12. The number of aliphatic imine (C=N–C) groups is 1. The molecule has 35 heavy (non-hydrogen) atoms. The molecule has 4 rings (SSSR count). The minimum Gasteiger partial charge on any atom is -0.493 e. The molecule has 0 atom stereocenters. The summed E-state index contributed by atoms with van der Waals surface area (Å²) in [6, 6.07) is 11.7. The number of hydrogen-bond acceptors (Lipinski definition) is 8. The lowest BCUT2D eigenvalue weighted by molar-refractivity contribution is -0.384. The number of fused-ring (bicyclic) bond motifs is 1. The molecule has 3 aromatic rings. The Balaban J connectivity index is 1.62. The molecule has 1 aliphatic rings. The van der Waals surface area contributed by atoms with Gasteiger partial charge in [-0.3, -0.25) is 10.1 Å². The van der Waals surface area contributed by atoms with Crippen molar-refractivity contribution in [3.63, 3.8) is 0 Å². The van der Waals surface area contributed by atoms with E-state index in [0.29, 0.717) is 34.2 Å². The van der Waals surface area contributed by atoms with Gasteiger partial charge in [0.25, 0.3) is 5.69 Å². The van der Waals surface area contributed by atoms with Gasteiger partial charge >= 0.3 is 5.97 Å². The fourth-order valence-electron chi connectivity index (χ4n) is 4.00. The minimum absolute atomic E-state index is 0.0231. The average molecular weight is 495 g/mol. The maximum atomic E-state index is 12.7. The van der Waals surface area contributed by atoms with Crippen molar-refractivity contribution < 1.29 is 23.9 Å². The van der Waals surface area contributed by atoms with Gasteiger partial charge in [0.05, 0.1) is 24.2 Å². The van der Waals surface area contributed by atoms with E-state index >= 15 is 0 Å². The molecule has 1 heterocycles. The van der Waals surface area contributed by atoms with E-state index in [9.17, 15) is 14.9 Å². The predicted octanol–water partition coefficient (Wildman–Crippen LogP) is 6.05. The molecular weight excluding hydrogens is 468 g/mol. The molecule has 8 nitrogen and oxygen atoms in total. The van der Waals surface area contributed by atoms with Crippen LogP contribution in [0.1, 0.15) is 51.7 Å². The van der Waals surface area contributed by atoms with Crippen LogP contribution in [-0.4, -0.2) is 30.8 Å². The van der Waals surface area contributed by atoms with Crippen molar-refractivity contribution in [1.29, 1.82) is 0 Å². The second-order valence-electron chi connectivity index (χ2n) is 7.96. The molecule has 0 aliphatic heterocycles. The summed E-state index contributed by atoms with van der Waals surface area (Å²) in [6.45, 7) is 2.30. The predicted molar refractivity (Wildman–Crippen MR) is 135 cm³/mol. The highest BCUT2D eigenvalue weighted by Gasteiger charge is 2.26. The van der Waals surface area contributed by atoms with E-state index in [0.717, 1.165) is 36.8 Å². The molecule has 0 unspecified atom stereocenters. The third-order valence-electron chi connectivity index (χ3n) is 5.71. The number of hydrogen-bond donors (Lipinski definition) is 0. The summed E-state index contributed by atoms with van der Waals surface area (Å²) in [5, 5.41) is 11.5. The number of nitro groups is 1. The van der Waals surface area contributed by atoms with Gasteiger partial charge in [0.2, 0.25) is 0 Å². The summed E-state index contributed by atoms with van der Waals surface area (Å²) in [7, 11) is 1.56. The molecule has 0 N–H and O–H groups in total. The first-order chi connectivity index (χ1) is 17.0. The second-order valence-corrected chi connectivity index (χ2v) is 9.04. The molecular formula is C26H26N2O6S. The molecule has 0 amide bonds. The molecule has 0 radical (unpaired) electrons. The van der Waals surface area contributed by atoms with Gasteiger partial charge in [-0.1, -0.05) is 6.07 Å². The molecule has 0 saturated carbocycles. The summed E-state index contributed by atoms with van der Waals surface area (Å²) < 4.78 is 16.9. The molecule has 0 saturated heterocycles. The zero-order valence-corrected chi connectivity index (χ0v) is 20.4. The number of nitro benzene ring substituents is 1. The number of carbonyl (C=O) groups excluding carboxylic acids is 1. The van der Waals surface area contributed by atoms with Crippen molar-refractivity contribution in [2.45, 2.75) is 39.2 Å². The van der Waals surface area contributed by atoms with Gasteiger partial charge in [-0.25, -0.2) is 9.79 Å². The number of nitrogens with zero attached hydrogens (tertiary/aromatic N) is 2. The molecule has 182 valence electrons. The number of carbonyl (C=O) groups is 1. The van der Waals surface area contributed by atoms with Crippen molar-refractivity contribution in [2.24, 2.45) is 4.99 Å². The van der Waals surface area contributed by atoms with E-state index in [4.69, 9.17) is 14.2 Å². The number of para-hydroxylation sites is 1. The average Bonchev–Trinajstić information content (AvgIpc) is 3.25. The highest BCUT2D eigenvalue weighted by atomic mass is 32.1. The summed E-state index contributed by atoms with van der Waals surface area (Å²) in [5.74, 6) is 0.697. The molecule has 0 bridgehead atoms. The van der Waals surface area contributed by atoms with Crippen LogP contribution in [0.5, 0.6) is 11.5 Å². The Morgan fingerprint density at radius 3 is 2.66 bits per heavy atom. The van der Waals surface area contributed by atoms with Crippen molar-refractivity contribution in [3.05, 3.63) is 79.7 Å². The maximum absolute atomic E-state index is 12.7. The largest absolute Gasteiger partial charge is 0.493 e. The van der Waals surface area contributed by atoms with Crippen molar-refractivity contribution in [3.8, 4) is 11.5 Å². The first kappa shape index (κ1) is 24.4. The van der Waals surface area contributed by atoms with Gasteiger partial charge in [-0.2, -0.15) is 0 Å². The van der Waals surface area contributed by atoms with Crippen molar-refractivity contribution >= 4 is 34.2 Å². The number of rotatable bonds is 9. The van der Waals surface area contributed by atoms with Crippen LogP contribution in [-0.2, 0) is 24.2 Å². The van der Waals surface area contributed by atoms with Crippen molar-refractivity contribution in [1.82, 2.24) is 0 Å². The van der Waals surface area contributed by atoms with E-state index in [-0.39, 0.29) is 18.3 Å². The van der Waals surface area contributed by atoms with Crippen LogP contribution in [0.3, 0.4) is 0 Å². The van der Waals surface area contributed by atoms with Gasteiger partial charge in [0.1, 0.15) is 11.6 Å². The fraction of sp³-hybridized carbons (Fsp3) is 0.308. The quantitative estimate of drug-likeness (QED) is 0.155. The first-order valence-corrected chi connectivity index (χ1v) is 12.2. The number of benzene rings is 2. The number of non-ortho nitro benzene ring substituents is 1. The van der Waals surface area contributed by atoms with Gasteiger partial charge in [0, 0.05) is 28.8 Å². The Kier molecular flexibility index (Phi) is 7.77. The second kappa shape index (κ2) is 11.1. The Labute approximate surface area is 207 Å². The maximum Gasteiger partial charge on any atom is 0.341 e. The first-order valence-electron chi connectivity index (χ1n) is 11.4. The summed E-state index contributed by atoms with van der Waals surface area (Å²) in [6.07, 6.45) is 5.64. The van der Waals surface area contributed by atoms with Crippen LogP contribution >= 0.6 is 11.3 Å². The highest BCUT2D eigenvalue weighted by Crippen LogP contribution is 2.40. The van der Waals surface area contributed by atoms with Crippen LogP contribution in [0.25, 0.3) is 0 Å². The number of methoxy groups -OCH3 is 1. The van der Waals surface area contributed by atoms with E-state index in [1.54, 1.807) is 38.4 Å². The monoisotopic (exact) mass is 494 g/mol. The number of aryl methyl sites for hydroxylation is 1. The lowest BCUT2D eigenvalue weighted by Gasteiger charge is -2.13. The Morgan fingerprint density at radius 1 is 1.17 bits per heavy atom. The van der Waals surface area contributed by atoms with E-state index in [1.165, 1.54) is 28.3 Å².